The first-order chi connectivity index (χ1) is 15.7. The number of anilines is 3. The van der Waals surface area contributed by atoms with Crippen LogP contribution in [0.25, 0.3) is 10.9 Å². The second-order valence-corrected chi connectivity index (χ2v) is 8.40. The molecule has 0 saturated carbocycles. The molecule has 0 unspecified atom stereocenters. The molecule has 0 fully saturated rings. The maximum atomic E-state index is 13.2. The van der Waals surface area contributed by atoms with E-state index in [1.54, 1.807) is 18.7 Å². The summed E-state index contributed by atoms with van der Waals surface area (Å²) in [6, 6.07) is 23.5. The van der Waals surface area contributed by atoms with Gasteiger partial charge in [0.1, 0.15) is 12.2 Å². The number of esters is 1. The zero-order chi connectivity index (χ0) is 22.1. The molecule has 6 nitrogen and oxygen atoms in total. The normalized spacial score (nSPS) is 12.2. The molecule has 2 N–H and O–H groups in total. The summed E-state index contributed by atoms with van der Waals surface area (Å²) in [6.45, 7) is 2.11. The zero-order valence-corrected chi connectivity index (χ0v) is 18.2. The van der Waals surface area contributed by atoms with Gasteiger partial charge in [-0.3, -0.25) is 4.79 Å². The van der Waals surface area contributed by atoms with Crippen LogP contribution < -0.4 is 10.2 Å². The minimum absolute atomic E-state index is 0.107. The predicted octanol–water partition coefficient (Wildman–Crippen LogP) is 5.59. The summed E-state index contributed by atoms with van der Waals surface area (Å²) in [5.41, 5.74) is 3.41. The van der Waals surface area contributed by atoms with Crippen LogP contribution in [-0.4, -0.2) is 30.0 Å². The standard InChI is InChI=1S/C25H21N3O3S/c1-2-31-25(30)24-23(16-9-3-4-10-17(16)26-24)27-22(29)15-28-18-11-5-7-13-20(18)32-21-14-8-6-12-19(21)28/h3-14,26H,2,15H2,1H3,(H,27,29). The number of H-pyrrole nitrogens is 1. The van der Waals surface area contributed by atoms with Gasteiger partial charge in [0.05, 0.1) is 23.7 Å². The lowest BCUT2D eigenvalue weighted by molar-refractivity contribution is -0.114. The summed E-state index contributed by atoms with van der Waals surface area (Å²) >= 11 is 1.69. The number of para-hydroxylation sites is 3. The smallest absolute Gasteiger partial charge is 0.356 e. The van der Waals surface area contributed by atoms with Crippen LogP contribution in [0.5, 0.6) is 0 Å². The zero-order valence-electron chi connectivity index (χ0n) is 17.4. The Kier molecular flexibility index (Phi) is 5.33. The highest BCUT2D eigenvalue weighted by atomic mass is 32.2. The number of hydrogen-bond acceptors (Lipinski definition) is 5. The van der Waals surface area contributed by atoms with Crippen molar-refractivity contribution in [1.82, 2.24) is 4.98 Å². The monoisotopic (exact) mass is 443 g/mol. The molecule has 0 saturated heterocycles. The van der Waals surface area contributed by atoms with Gasteiger partial charge in [-0.25, -0.2) is 4.79 Å². The number of carbonyl (C=O) groups excluding carboxylic acids is 2. The summed E-state index contributed by atoms with van der Waals surface area (Å²) in [5, 5.41) is 3.73. The van der Waals surface area contributed by atoms with Gasteiger partial charge in [-0.2, -0.15) is 0 Å². The van der Waals surface area contributed by atoms with Gasteiger partial charge in [0.25, 0.3) is 0 Å². The largest absolute Gasteiger partial charge is 0.461 e. The molecule has 0 radical (unpaired) electrons. The molecule has 0 spiro atoms. The Balaban J connectivity index is 1.48. The first-order valence-corrected chi connectivity index (χ1v) is 11.2. The van der Waals surface area contributed by atoms with Crippen molar-refractivity contribution in [1.29, 1.82) is 0 Å². The van der Waals surface area contributed by atoms with Crippen LogP contribution >= 0.6 is 11.8 Å². The number of carbonyl (C=O) groups is 2. The predicted molar refractivity (Wildman–Crippen MR) is 127 cm³/mol. The van der Waals surface area contributed by atoms with Crippen LogP contribution in [-0.2, 0) is 9.53 Å². The van der Waals surface area contributed by atoms with Crippen molar-refractivity contribution in [3.05, 3.63) is 78.5 Å². The van der Waals surface area contributed by atoms with E-state index < -0.39 is 5.97 Å². The Morgan fingerprint density at radius 1 is 0.938 bits per heavy atom. The summed E-state index contributed by atoms with van der Waals surface area (Å²) < 4.78 is 5.19. The minimum Gasteiger partial charge on any atom is -0.461 e. The van der Waals surface area contributed by atoms with E-state index in [9.17, 15) is 9.59 Å². The van der Waals surface area contributed by atoms with Gasteiger partial charge >= 0.3 is 5.97 Å². The van der Waals surface area contributed by atoms with Crippen molar-refractivity contribution in [2.75, 3.05) is 23.4 Å². The lowest BCUT2D eigenvalue weighted by atomic mass is 10.2. The first-order valence-electron chi connectivity index (χ1n) is 10.4. The second kappa shape index (κ2) is 8.43. The Labute approximate surface area is 189 Å². The third kappa shape index (κ3) is 3.61. The number of hydrogen-bond donors (Lipinski definition) is 2. The van der Waals surface area contributed by atoms with E-state index >= 15 is 0 Å². The van der Waals surface area contributed by atoms with Crippen LogP contribution in [0.3, 0.4) is 0 Å². The van der Waals surface area contributed by atoms with Crippen molar-refractivity contribution in [3.63, 3.8) is 0 Å². The van der Waals surface area contributed by atoms with Crippen LogP contribution in [0, 0.1) is 0 Å². The first kappa shape index (κ1) is 20.2. The average molecular weight is 444 g/mol. The summed E-state index contributed by atoms with van der Waals surface area (Å²) in [7, 11) is 0. The summed E-state index contributed by atoms with van der Waals surface area (Å²) in [4.78, 5) is 33.0. The van der Waals surface area contributed by atoms with Gasteiger partial charge in [0.2, 0.25) is 5.91 Å². The van der Waals surface area contributed by atoms with Crippen LogP contribution in [0.1, 0.15) is 17.4 Å². The maximum absolute atomic E-state index is 13.2. The molecular formula is C25H21N3O3S. The highest BCUT2D eigenvalue weighted by molar-refractivity contribution is 7.99. The molecule has 7 heteroatoms. The van der Waals surface area contributed by atoms with Gasteiger partial charge in [-0.05, 0) is 37.3 Å². The topological polar surface area (TPSA) is 74.4 Å². The number of benzene rings is 3. The second-order valence-electron chi connectivity index (χ2n) is 7.31. The van der Waals surface area contributed by atoms with E-state index in [1.807, 2.05) is 65.6 Å². The van der Waals surface area contributed by atoms with E-state index in [-0.39, 0.29) is 24.8 Å². The number of ether oxygens (including phenoxy) is 1. The average Bonchev–Trinajstić information content (AvgIpc) is 3.17. The van der Waals surface area contributed by atoms with Crippen molar-refractivity contribution in [2.45, 2.75) is 16.7 Å². The van der Waals surface area contributed by atoms with Crippen molar-refractivity contribution in [3.8, 4) is 0 Å². The lowest BCUT2D eigenvalue weighted by Crippen LogP contribution is -2.31. The third-order valence-electron chi connectivity index (χ3n) is 5.28. The van der Waals surface area contributed by atoms with Crippen molar-refractivity contribution in [2.24, 2.45) is 0 Å². The van der Waals surface area contributed by atoms with Gasteiger partial charge < -0.3 is 19.9 Å². The molecule has 4 aromatic rings. The molecule has 0 bridgehead atoms. The Morgan fingerprint density at radius 2 is 1.56 bits per heavy atom. The Hall–Kier alpha value is -3.71. The van der Waals surface area contributed by atoms with Gasteiger partial charge in [0, 0.05) is 20.7 Å². The van der Waals surface area contributed by atoms with Crippen LogP contribution in [0.2, 0.25) is 0 Å². The number of fused-ring (bicyclic) bond motifs is 3. The van der Waals surface area contributed by atoms with E-state index in [2.05, 4.69) is 22.4 Å². The number of nitrogens with one attached hydrogen (secondary N) is 2. The summed E-state index contributed by atoms with van der Waals surface area (Å²) in [5.74, 6) is -0.721. The van der Waals surface area contributed by atoms with E-state index in [1.165, 1.54) is 0 Å². The molecule has 1 aromatic heterocycles. The molecule has 2 heterocycles. The fraction of sp³-hybridized carbons (Fsp3) is 0.120. The number of amides is 1. The molecule has 5 rings (SSSR count). The quantitative estimate of drug-likeness (QED) is 0.394. The van der Waals surface area contributed by atoms with Gasteiger partial charge in [-0.15, -0.1) is 0 Å². The number of nitrogens with zero attached hydrogens (tertiary/aromatic N) is 1. The SMILES string of the molecule is CCOC(=O)c1[nH]c2ccccc2c1NC(=O)CN1c2ccccc2Sc2ccccc21. The summed E-state index contributed by atoms with van der Waals surface area (Å²) in [6.07, 6.45) is 0. The molecule has 32 heavy (non-hydrogen) atoms. The fourth-order valence-corrected chi connectivity index (χ4v) is 5.00. The Bertz CT molecular complexity index is 1290. The highest BCUT2D eigenvalue weighted by Gasteiger charge is 2.26. The molecule has 0 atom stereocenters. The molecule has 0 aliphatic carbocycles. The number of rotatable bonds is 5. The molecule has 1 aliphatic heterocycles. The van der Waals surface area contributed by atoms with Crippen LogP contribution in [0.15, 0.2) is 82.6 Å². The fourth-order valence-electron chi connectivity index (χ4n) is 3.90. The lowest BCUT2D eigenvalue weighted by Gasteiger charge is -2.32. The molecular weight excluding hydrogens is 422 g/mol. The molecule has 1 aliphatic rings. The van der Waals surface area contributed by atoms with Gasteiger partial charge in [0.15, 0.2) is 0 Å². The van der Waals surface area contributed by atoms with Crippen molar-refractivity contribution >= 4 is 51.6 Å². The number of aromatic nitrogens is 1. The van der Waals surface area contributed by atoms with Crippen LogP contribution in [0.4, 0.5) is 17.1 Å². The van der Waals surface area contributed by atoms with E-state index in [0.29, 0.717) is 5.69 Å². The molecule has 160 valence electrons. The minimum atomic E-state index is -0.496. The van der Waals surface area contributed by atoms with Crippen molar-refractivity contribution < 1.29 is 14.3 Å². The third-order valence-corrected chi connectivity index (χ3v) is 6.41. The van der Waals surface area contributed by atoms with E-state index in [0.717, 1.165) is 32.1 Å². The number of aromatic amines is 1. The van der Waals surface area contributed by atoms with Gasteiger partial charge in [-0.1, -0.05) is 54.2 Å². The highest BCUT2D eigenvalue weighted by Crippen LogP contribution is 2.47. The molecule has 3 aromatic carbocycles. The Morgan fingerprint density at radius 3 is 2.25 bits per heavy atom. The van der Waals surface area contributed by atoms with E-state index in [4.69, 9.17) is 4.74 Å². The molecule has 1 amide bonds. The maximum Gasteiger partial charge on any atom is 0.356 e.